The molecule has 0 aliphatic carbocycles. The fraction of sp³-hybridized carbons (Fsp3) is 0.158. The van der Waals surface area contributed by atoms with Gasteiger partial charge in [-0.2, -0.15) is 5.10 Å². The van der Waals surface area contributed by atoms with Crippen molar-refractivity contribution in [3.63, 3.8) is 0 Å². The molecule has 2 rings (SSSR count). The van der Waals surface area contributed by atoms with Crippen LogP contribution in [-0.4, -0.2) is 25.8 Å². The number of ether oxygens (including phenoxy) is 2. The third-order valence-electron chi connectivity index (χ3n) is 3.61. The van der Waals surface area contributed by atoms with Crippen LogP contribution < -0.4 is 26.2 Å². The van der Waals surface area contributed by atoms with Crippen LogP contribution in [0.3, 0.4) is 0 Å². The van der Waals surface area contributed by atoms with Gasteiger partial charge in [0, 0.05) is 0 Å². The zero-order valence-electron chi connectivity index (χ0n) is 14.9. The average molecular weight is 354 g/mol. The quantitative estimate of drug-likeness (QED) is 0.233. The van der Waals surface area contributed by atoms with Crippen LogP contribution in [-0.2, 0) is 4.79 Å². The van der Waals surface area contributed by atoms with Gasteiger partial charge in [0.15, 0.2) is 11.5 Å². The van der Waals surface area contributed by atoms with Gasteiger partial charge in [-0.05, 0) is 42.8 Å². The summed E-state index contributed by atoms with van der Waals surface area (Å²) >= 11 is 0. The lowest BCUT2D eigenvalue weighted by molar-refractivity contribution is -0.117. The molecule has 2 aromatic carbocycles. The molecule has 0 spiro atoms. The fourth-order valence-corrected chi connectivity index (χ4v) is 2.24. The SMILES string of the molecule is COc1ccc(/C=C(C(=O)NN)/C(C)=N/Nc2ccccc2)cc1OC. The number of nitrogens with one attached hydrogen (secondary N) is 2. The van der Waals surface area contributed by atoms with E-state index in [1.165, 1.54) is 0 Å². The molecule has 1 amide bonds. The van der Waals surface area contributed by atoms with E-state index < -0.39 is 5.91 Å². The van der Waals surface area contributed by atoms with Gasteiger partial charge in [0.2, 0.25) is 0 Å². The number of rotatable bonds is 7. The molecule has 2 aromatic rings. The van der Waals surface area contributed by atoms with Crippen LogP contribution in [0.5, 0.6) is 11.5 Å². The third-order valence-corrected chi connectivity index (χ3v) is 3.61. The Morgan fingerprint density at radius 1 is 1.08 bits per heavy atom. The standard InChI is InChI=1S/C19H22N4O3/c1-13(22-23-15-7-5-4-6-8-15)16(19(24)21-20)11-14-9-10-17(25-2)18(12-14)26-3/h4-12,23H,20H2,1-3H3,(H,21,24)/b16-11-,22-13+. The first-order chi connectivity index (χ1) is 12.6. The van der Waals surface area contributed by atoms with Crippen molar-refractivity contribution in [2.75, 3.05) is 19.6 Å². The zero-order valence-corrected chi connectivity index (χ0v) is 14.9. The highest BCUT2D eigenvalue weighted by Gasteiger charge is 2.13. The van der Waals surface area contributed by atoms with Crippen molar-refractivity contribution >= 4 is 23.4 Å². The third kappa shape index (κ3) is 4.84. The van der Waals surface area contributed by atoms with Gasteiger partial charge in [-0.3, -0.25) is 15.6 Å². The zero-order chi connectivity index (χ0) is 18.9. The highest BCUT2D eigenvalue weighted by atomic mass is 16.5. The van der Waals surface area contributed by atoms with Gasteiger partial charge in [-0.15, -0.1) is 0 Å². The number of benzene rings is 2. The Hall–Kier alpha value is -3.32. The second-order valence-electron chi connectivity index (χ2n) is 5.32. The van der Waals surface area contributed by atoms with Gasteiger partial charge >= 0.3 is 0 Å². The van der Waals surface area contributed by atoms with Crippen molar-refractivity contribution in [2.45, 2.75) is 6.92 Å². The number of amides is 1. The maximum Gasteiger partial charge on any atom is 0.267 e. The van der Waals surface area contributed by atoms with Crippen molar-refractivity contribution in [3.05, 3.63) is 59.7 Å². The Morgan fingerprint density at radius 3 is 2.38 bits per heavy atom. The number of carbonyl (C=O) groups excluding carboxylic acids is 1. The van der Waals surface area contributed by atoms with Crippen LogP contribution in [0.2, 0.25) is 0 Å². The first-order valence-corrected chi connectivity index (χ1v) is 7.89. The van der Waals surface area contributed by atoms with Gasteiger partial charge in [-0.25, -0.2) is 5.84 Å². The highest BCUT2D eigenvalue weighted by Crippen LogP contribution is 2.28. The number of hydrogen-bond donors (Lipinski definition) is 3. The Kier molecular flexibility index (Phi) is 6.75. The number of para-hydroxylation sites is 1. The topological polar surface area (TPSA) is 98.0 Å². The van der Waals surface area contributed by atoms with E-state index in [4.69, 9.17) is 15.3 Å². The van der Waals surface area contributed by atoms with Crippen molar-refractivity contribution in [2.24, 2.45) is 10.9 Å². The Balaban J connectivity index is 2.34. The minimum Gasteiger partial charge on any atom is -0.493 e. The number of hydrazone groups is 1. The van der Waals surface area contributed by atoms with Crippen LogP contribution in [0, 0.1) is 0 Å². The van der Waals surface area contributed by atoms with E-state index >= 15 is 0 Å². The predicted molar refractivity (Wildman–Crippen MR) is 103 cm³/mol. The maximum absolute atomic E-state index is 12.2. The molecule has 0 saturated carbocycles. The molecule has 136 valence electrons. The van der Waals surface area contributed by atoms with Crippen LogP contribution in [0.25, 0.3) is 6.08 Å². The molecule has 0 atom stereocenters. The van der Waals surface area contributed by atoms with E-state index in [0.717, 1.165) is 11.3 Å². The molecule has 0 aliphatic heterocycles. The van der Waals surface area contributed by atoms with Crippen LogP contribution in [0.1, 0.15) is 12.5 Å². The van der Waals surface area contributed by atoms with Crippen molar-refractivity contribution in [3.8, 4) is 11.5 Å². The number of nitrogens with zero attached hydrogens (tertiary/aromatic N) is 1. The molecule has 4 N–H and O–H groups in total. The van der Waals surface area contributed by atoms with Gasteiger partial charge in [0.25, 0.3) is 5.91 Å². The van der Waals surface area contributed by atoms with Crippen LogP contribution in [0.15, 0.2) is 59.2 Å². The molecular formula is C19H22N4O3. The number of methoxy groups -OCH3 is 2. The lowest BCUT2D eigenvalue weighted by Crippen LogP contribution is -2.33. The summed E-state index contributed by atoms with van der Waals surface area (Å²) in [6.07, 6.45) is 1.68. The largest absolute Gasteiger partial charge is 0.493 e. The van der Waals surface area contributed by atoms with Gasteiger partial charge < -0.3 is 9.47 Å². The van der Waals surface area contributed by atoms with Crippen molar-refractivity contribution < 1.29 is 14.3 Å². The van der Waals surface area contributed by atoms with E-state index in [0.29, 0.717) is 22.8 Å². The summed E-state index contributed by atoms with van der Waals surface area (Å²) in [5.41, 5.74) is 7.41. The number of hydrogen-bond acceptors (Lipinski definition) is 6. The van der Waals surface area contributed by atoms with E-state index in [1.807, 2.05) is 36.4 Å². The smallest absolute Gasteiger partial charge is 0.267 e. The maximum atomic E-state index is 12.2. The molecule has 0 saturated heterocycles. The molecule has 0 heterocycles. The minimum atomic E-state index is -0.448. The van der Waals surface area contributed by atoms with Crippen molar-refractivity contribution in [1.82, 2.24) is 5.43 Å². The molecule has 0 bridgehead atoms. The van der Waals surface area contributed by atoms with Crippen LogP contribution >= 0.6 is 0 Å². The molecule has 7 heteroatoms. The fourth-order valence-electron chi connectivity index (χ4n) is 2.24. The number of hydrazine groups is 1. The molecule has 0 radical (unpaired) electrons. The monoisotopic (exact) mass is 354 g/mol. The molecule has 26 heavy (non-hydrogen) atoms. The second-order valence-corrected chi connectivity index (χ2v) is 5.32. The molecule has 0 aliphatic rings. The average Bonchev–Trinajstić information content (AvgIpc) is 2.70. The Labute approximate surface area is 152 Å². The Bertz CT molecular complexity index is 817. The van der Waals surface area contributed by atoms with Gasteiger partial charge in [-0.1, -0.05) is 24.3 Å². The highest BCUT2D eigenvalue weighted by molar-refractivity contribution is 6.23. The number of anilines is 1. The number of carbonyl (C=O) groups is 1. The lowest BCUT2D eigenvalue weighted by atomic mass is 10.1. The van der Waals surface area contributed by atoms with Crippen LogP contribution in [0.4, 0.5) is 5.69 Å². The first-order valence-electron chi connectivity index (χ1n) is 7.89. The molecule has 0 fully saturated rings. The molecule has 0 aromatic heterocycles. The summed E-state index contributed by atoms with van der Waals surface area (Å²) in [7, 11) is 3.11. The molecular weight excluding hydrogens is 332 g/mol. The van der Waals surface area contributed by atoms with E-state index in [2.05, 4.69) is 16.0 Å². The molecule has 0 unspecified atom stereocenters. The van der Waals surface area contributed by atoms with Crippen molar-refractivity contribution in [1.29, 1.82) is 0 Å². The Morgan fingerprint density at radius 2 is 1.77 bits per heavy atom. The minimum absolute atomic E-state index is 0.322. The summed E-state index contributed by atoms with van der Waals surface area (Å²) < 4.78 is 10.5. The first kappa shape index (κ1) is 19.0. The van der Waals surface area contributed by atoms with Gasteiger partial charge in [0.05, 0.1) is 31.2 Å². The van der Waals surface area contributed by atoms with E-state index in [-0.39, 0.29) is 0 Å². The van der Waals surface area contributed by atoms with E-state index in [1.54, 1.807) is 39.4 Å². The summed E-state index contributed by atoms with van der Waals surface area (Å²) in [6, 6.07) is 14.8. The normalized spacial score (nSPS) is 11.7. The summed E-state index contributed by atoms with van der Waals surface area (Å²) in [5, 5.41) is 4.26. The molecule has 7 nitrogen and oxygen atoms in total. The summed E-state index contributed by atoms with van der Waals surface area (Å²) in [4.78, 5) is 12.2. The van der Waals surface area contributed by atoms with Gasteiger partial charge in [0.1, 0.15) is 0 Å². The summed E-state index contributed by atoms with van der Waals surface area (Å²) in [6.45, 7) is 1.72. The second kappa shape index (κ2) is 9.24. The number of nitrogens with two attached hydrogens (primary N) is 1. The summed E-state index contributed by atoms with van der Waals surface area (Å²) in [5.74, 6) is 6.03. The van der Waals surface area contributed by atoms with E-state index in [9.17, 15) is 4.79 Å². The predicted octanol–water partition coefficient (Wildman–Crippen LogP) is 2.57. The lowest BCUT2D eigenvalue weighted by Gasteiger charge is -2.10.